The van der Waals surface area contributed by atoms with Crippen molar-refractivity contribution < 1.29 is 14.7 Å². The van der Waals surface area contributed by atoms with E-state index >= 15 is 0 Å². The molecule has 1 aromatic carbocycles. The molecule has 0 bridgehead atoms. The van der Waals surface area contributed by atoms with Gasteiger partial charge in [0.15, 0.2) is 0 Å². The number of amides is 1. The number of fused-ring (bicyclic) bond motifs is 1. The van der Waals surface area contributed by atoms with E-state index in [1.807, 2.05) is 22.9 Å². The van der Waals surface area contributed by atoms with Crippen molar-refractivity contribution in [1.82, 2.24) is 20.0 Å². The van der Waals surface area contributed by atoms with Gasteiger partial charge in [0.2, 0.25) is 5.91 Å². The van der Waals surface area contributed by atoms with E-state index in [0.29, 0.717) is 12.1 Å². The van der Waals surface area contributed by atoms with Gasteiger partial charge in [-0.25, -0.2) is 4.79 Å². The Labute approximate surface area is 139 Å². The minimum atomic E-state index is -0.907. The quantitative estimate of drug-likeness (QED) is 0.862. The highest BCUT2D eigenvalue weighted by molar-refractivity contribution is 5.87. The van der Waals surface area contributed by atoms with Crippen molar-refractivity contribution in [2.45, 2.75) is 33.1 Å². The summed E-state index contributed by atoms with van der Waals surface area (Å²) in [7, 11) is 0. The maximum atomic E-state index is 11.0. The fraction of sp³-hybridized carbons (Fsp3) is 0.353. The standard InChI is InChI=1S/C17H20N4O3/c1-12(22)18-9-15-8-16-11-20(6-7-21(16)19-15)10-13-2-4-14(5-3-13)17(23)24/h2-5,8H,6-7,9-11H2,1H3,(H,18,22)(H,23,24). The van der Waals surface area contributed by atoms with E-state index in [0.717, 1.165) is 43.1 Å². The highest BCUT2D eigenvalue weighted by Crippen LogP contribution is 2.16. The van der Waals surface area contributed by atoms with Gasteiger partial charge >= 0.3 is 5.97 Å². The molecule has 2 aromatic rings. The molecule has 2 N–H and O–H groups in total. The smallest absolute Gasteiger partial charge is 0.335 e. The molecular weight excluding hydrogens is 308 g/mol. The van der Waals surface area contributed by atoms with Gasteiger partial charge in [-0.1, -0.05) is 12.1 Å². The molecule has 0 saturated carbocycles. The molecular formula is C17H20N4O3. The van der Waals surface area contributed by atoms with Crippen LogP contribution in [-0.2, 0) is 31.0 Å². The minimum absolute atomic E-state index is 0.0626. The van der Waals surface area contributed by atoms with Crippen molar-refractivity contribution in [3.8, 4) is 0 Å². The molecule has 1 aromatic heterocycles. The summed E-state index contributed by atoms with van der Waals surface area (Å²) in [6, 6.07) is 9.01. The molecule has 0 atom stereocenters. The molecule has 24 heavy (non-hydrogen) atoms. The Hall–Kier alpha value is -2.67. The molecule has 0 aliphatic carbocycles. The summed E-state index contributed by atoms with van der Waals surface area (Å²) in [4.78, 5) is 24.2. The Kier molecular flexibility index (Phi) is 4.61. The lowest BCUT2D eigenvalue weighted by Crippen LogP contribution is -2.33. The van der Waals surface area contributed by atoms with Crippen LogP contribution in [0.15, 0.2) is 30.3 Å². The summed E-state index contributed by atoms with van der Waals surface area (Å²) in [5.41, 5.74) is 3.39. The van der Waals surface area contributed by atoms with E-state index in [1.165, 1.54) is 6.92 Å². The van der Waals surface area contributed by atoms with Gasteiger partial charge in [-0.15, -0.1) is 0 Å². The van der Waals surface area contributed by atoms with E-state index in [2.05, 4.69) is 15.3 Å². The number of hydrogen-bond acceptors (Lipinski definition) is 4. The summed E-state index contributed by atoms with van der Waals surface area (Å²) in [6.07, 6.45) is 0. The molecule has 1 aliphatic heterocycles. The van der Waals surface area contributed by atoms with Gasteiger partial charge in [-0.3, -0.25) is 14.4 Å². The summed E-state index contributed by atoms with van der Waals surface area (Å²) in [5, 5.41) is 16.2. The zero-order valence-electron chi connectivity index (χ0n) is 13.5. The Balaban J connectivity index is 1.62. The lowest BCUT2D eigenvalue weighted by atomic mass is 10.1. The Morgan fingerprint density at radius 3 is 2.67 bits per heavy atom. The average Bonchev–Trinajstić information content (AvgIpc) is 2.95. The molecule has 0 saturated heterocycles. The van der Waals surface area contributed by atoms with Crippen molar-refractivity contribution in [2.24, 2.45) is 0 Å². The summed E-state index contributed by atoms with van der Waals surface area (Å²) >= 11 is 0. The first-order valence-electron chi connectivity index (χ1n) is 7.86. The number of nitrogens with zero attached hydrogens (tertiary/aromatic N) is 3. The number of nitrogens with one attached hydrogen (secondary N) is 1. The van der Waals surface area contributed by atoms with Crippen molar-refractivity contribution in [2.75, 3.05) is 6.54 Å². The molecule has 2 heterocycles. The molecule has 126 valence electrons. The predicted molar refractivity (Wildman–Crippen MR) is 87.3 cm³/mol. The monoisotopic (exact) mass is 328 g/mol. The molecule has 0 spiro atoms. The molecule has 0 fully saturated rings. The fourth-order valence-corrected chi connectivity index (χ4v) is 2.83. The van der Waals surface area contributed by atoms with E-state index in [9.17, 15) is 9.59 Å². The van der Waals surface area contributed by atoms with E-state index in [4.69, 9.17) is 5.11 Å². The second-order valence-corrected chi connectivity index (χ2v) is 5.97. The normalized spacial score (nSPS) is 14.2. The Bertz CT molecular complexity index is 752. The van der Waals surface area contributed by atoms with Crippen LogP contribution in [0.25, 0.3) is 0 Å². The number of carbonyl (C=O) groups excluding carboxylic acids is 1. The number of carbonyl (C=O) groups is 2. The number of benzene rings is 1. The maximum Gasteiger partial charge on any atom is 0.335 e. The average molecular weight is 328 g/mol. The van der Waals surface area contributed by atoms with Gasteiger partial charge in [0.1, 0.15) is 0 Å². The van der Waals surface area contributed by atoms with E-state index in [-0.39, 0.29) is 5.91 Å². The van der Waals surface area contributed by atoms with Gasteiger partial charge in [0.25, 0.3) is 0 Å². The van der Waals surface area contributed by atoms with Crippen molar-refractivity contribution in [3.05, 3.63) is 52.8 Å². The number of rotatable bonds is 5. The topological polar surface area (TPSA) is 87.5 Å². The van der Waals surface area contributed by atoms with Crippen LogP contribution in [0.2, 0.25) is 0 Å². The summed E-state index contributed by atoms with van der Waals surface area (Å²) in [5.74, 6) is -0.970. The first-order valence-corrected chi connectivity index (χ1v) is 7.86. The maximum absolute atomic E-state index is 11.0. The minimum Gasteiger partial charge on any atom is -0.478 e. The zero-order chi connectivity index (χ0) is 17.1. The van der Waals surface area contributed by atoms with Crippen LogP contribution < -0.4 is 5.32 Å². The van der Waals surface area contributed by atoms with Crippen LogP contribution in [0.1, 0.15) is 34.2 Å². The molecule has 7 heteroatoms. The number of carboxylic acids is 1. The van der Waals surface area contributed by atoms with Gasteiger partial charge in [0, 0.05) is 26.6 Å². The Morgan fingerprint density at radius 2 is 2.00 bits per heavy atom. The van der Waals surface area contributed by atoms with Crippen molar-refractivity contribution in [3.63, 3.8) is 0 Å². The molecule has 7 nitrogen and oxygen atoms in total. The number of hydrogen-bond donors (Lipinski definition) is 2. The zero-order valence-corrected chi connectivity index (χ0v) is 13.5. The van der Waals surface area contributed by atoms with Crippen molar-refractivity contribution >= 4 is 11.9 Å². The van der Waals surface area contributed by atoms with Crippen LogP contribution in [0, 0.1) is 0 Å². The molecule has 1 amide bonds. The molecule has 0 unspecified atom stereocenters. The van der Waals surface area contributed by atoms with Crippen LogP contribution in [-0.4, -0.2) is 38.2 Å². The van der Waals surface area contributed by atoms with Crippen molar-refractivity contribution in [1.29, 1.82) is 0 Å². The highest BCUT2D eigenvalue weighted by Gasteiger charge is 2.18. The largest absolute Gasteiger partial charge is 0.478 e. The number of aromatic carboxylic acids is 1. The fourth-order valence-electron chi connectivity index (χ4n) is 2.83. The molecule has 1 aliphatic rings. The Morgan fingerprint density at radius 1 is 1.25 bits per heavy atom. The van der Waals surface area contributed by atoms with E-state index in [1.54, 1.807) is 12.1 Å². The molecule has 3 rings (SSSR count). The van der Waals surface area contributed by atoms with Gasteiger partial charge in [-0.05, 0) is 23.8 Å². The lowest BCUT2D eigenvalue weighted by Gasteiger charge is -2.27. The molecule has 0 radical (unpaired) electrons. The van der Waals surface area contributed by atoms with Crippen LogP contribution in [0.5, 0.6) is 0 Å². The second-order valence-electron chi connectivity index (χ2n) is 5.97. The highest BCUT2D eigenvalue weighted by atomic mass is 16.4. The van der Waals surface area contributed by atoms with E-state index < -0.39 is 5.97 Å². The SMILES string of the molecule is CC(=O)NCc1cc2n(n1)CCN(Cc1ccc(C(=O)O)cc1)C2. The van der Waals surface area contributed by atoms with Gasteiger partial charge in [0.05, 0.1) is 30.0 Å². The lowest BCUT2D eigenvalue weighted by molar-refractivity contribution is -0.119. The van der Waals surface area contributed by atoms with Crippen LogP contribution in [0.3, 0.4) is 0 Å². The third-order valence-electron chi connectivity index (χ3n) is 4.05. The third kappa shape index (κ3) is 3.80. The number of aromatic nitrogens is 2. The summed E-state index contributed by atoms with van der Waals surface area (Å²) < 4.78 is 1.99. The summed E-state index contributed by atoms with van der Waals surface area (Å²) in [6.45, 7) is 5.19. The third-order valence-corrected chi connectivity index (χ3v) is 4.05. The van der Waals surface area contributed by atoms with Crippen LogP contribution >= 0.6 is 0 Å². The predicted octanol–water partition coefficient (Wildman–Crippen LogP) is 1.23. The van der Waals surface area contributed by atoms with Gasteiger partial charge < -0.3 is 10.4 Å². The van der Waals surface area contributed by atoms with Crippen LogP contribution in [0.4, 0.5) is 0 Å². The van der Waals surface area contributed by atoms with Gasteiger partial charge in [-0.2, -0.15) is 5.10 Å². The first kappa shape index (κ1) is 16.2. The second kappa shape index (κ2) is 6.84. The number of carboxylic acid groups (broad SMARTS) is 1. The first-order chi connectivity index (χ1) is 11.5.